The van der Waals surface area contributed by atoms with Crippen molar-refractivity contribution >= 4 is 45.5 Å². The number of aromatic nitrogens is 1. The van der Waals surface area contributed by atoms with E-state index in [2.05, 4.69) is 27.6 Å². The predicted octanol–water partition coefficient (Wildman–Crippen LogP) is 2.41. The summed E-state index contributed by atoms with van der Waals surface area (Å²) in [5.41, 5.74) is 0. The third kappa shape index (κ3) is 1.68. The maximum atomic E-state index is 5.57. The molecule has 0 N–H and O–H groups in total. The Morgan fingerprint density at radius 2 is 2.44 bits per heavy atom. The highest BCUT2D eigenvalue weighted by molar-refractivity contribution is 14.1. The van der Waals surface area contributed by atoms with Crippen molar-refractivity contribution in [2.75, 3.05) is 7.11 Å². The van der Waals surface area contributed by atoms with Crippen LogP contribution in [0.1, 0.15) is 0 Å². The Kier molecular flexibility index (Phi) is 2.54. The summed E-state index contributed by atoms with van der Waals surface area (Å²) in [6.07, 6.45) is 0. The summed E-state index contributed by atoms with van der Waals surface area (Å²) in [4.78, 5) is 3.93. The van der Waals surface area contributed by atoms with E-state index >= 15 is 0 Å². The largest absolute Gasteiger partial charge is 0.485 e. The maximum absolute atomic E-state index is 5.57. The van der Waals surface area contributed by atoms with Gasteiger partial charge in [-0.2, -0.15) is 0 Å². The molecule has 0 spiro atoms. The van der Waals surface area contributed by atoms with E-state index in [1.54, 1.807) is 7.11 Å². The molecule has 0 amide bonds. The van der Waals surface area contributed by atoms with E-state index in [-0.39, 0.29) is 0 Å². The standard InChI is InChI=1S/C4H3ClINOS/c1-8-3-2(6)7-4(5)9-3/h1H3. The molecular formula is C4H3ClINOS. The Balaban J connectivity index is 3.01. The fourth-order valence-corrected chi connectivity index (χ4v) is 2.29. The van der Waals surface area contributed by atoms with Gasteiger partial charge in [0, 0.05) is 0 Å². The van der Waals surface area contributed by atoms with Crippen molar-refractivity contribution in [1.29, 1.82) is 0 Å². The molecule has 0 radical (unpaired) electrons. The number of rotatable bonds is 1. The molecule has 9 heavy (non-hydrogen) atoms. The molecule has 0 aliphatic heterocycles. The van der Waals surface area contributed by atoms with Gasteiger partial charge in [0.2, 0.25) is 5.06 Å². The minimum Gasteiger partial charge on any atom is -0.485 e. The van der Waals surface area contributed by atoms with Crippen LogP contribution >= 0.6 is 45.5 Å². The molecule has 0 unspecified atom stereocenters. The maximum Gasteiger partial charge on any atom is 0.209 e. The highest BCUT2D eigenvalue weighted by Crippen LogP contribution is 2.30. The lowest BCUT2D eigenvalue weighted by Crippen LogP contribution is -1.79. The van der Waals surface area contributed by atoms with E-state index in [0.29, 0.717) is 4.47 Å². The Morgan fingerprint density at radius 1 is 1.78 bits per heavy atom. The molecule has 2 nitrogen and oxygen atoms in total. The summed E-state index contributed by atoms with van der Waals surface area (Å²) in [5, 5.41) is 0.778. The molecule has 0 saturated carbocycles. The molecule has 1 heterocycles. The summed E-state index contributed by atoms with van der Waals surface area (Å²) in [6, 6.07) is 0. The Hall–Kier alpha value is 0.450. The molecule has 0 aliphatic rings. The predicted molar refractivity (Wildman–Crippen MR) is 46.4 cm³/mol. The minimum absolute atomic E-state index is 0.524. The zero-order chi connectivity index (χ0) is 6.85. The fourth-order valence-electron chi connectivity index (χ4n) is 0.390. The SMILES string of the molecule is COc1sc(Cl)nc1I. The number of hydrogen-bond acceptors (Lipinski definition) is 3. The van der Waals surface area contributed by atoms with Gasteiger partial charge in [0.15, 0.2) is 8.17 Å². The second kappa shape index (κ2) is 3.03. The lowest BCUT2D eigenvalue weighted by Gasteiger charge is -1.89. The van der Waals surface area contributed by atoms with E-state index in [4.69, 9.17) is 16.3 Å². The molecular weight excluding hydrogens is 272 g/mol. The van der Waals surface area contributed by atoms with Gasteiger partial charge in [-0.15, -0.1) is 0 Å². The van der Waals surface area contributed by atoms with Gasteiger partial charge in [-0.05, 0) is 22.6 Å². The molecule has 1 aromatic heterocycles. The highest BCUT2D eigenvalue weighted by atomic mass is 127. The first kappa shape index (κ1) is 7.56. The van der Waals surface area contributed by atoms with Crippen LogP contribution in [0.5, 0.6) is 5.06 Å². The second-order valence-corrected chi connectivity index (χ2v) is 3.81. The lowest BCUT2D eigenvalue weighted by molar-refractivity contribution is 0.423. The van der Waals surface area contributed by atoms with Crippen molar-refractivity contribution in [3.8, 4) is 5.06 Å². The van der Waals surface area contributed by atoms with Crippen LogP contribution in [0, 0.1) is 3.70 Å². The van der Waals surface area contributed by atoms with Crippen LogP contribution in [0.2, 0.25) is 4.47 Å². The van der Waals surface area contributed by atoms with E-state index in [1.165, 1.54) is 11.3 Å². The van der Waals surface area contributed by atoms with Gasteiger partial charge in [-0.25, -0.2) is 4.98 Å². The Bertz CT molecular complexity index is 214. The molecule has 0 saturated heterocycles. The summed E-state index contributed by atoms with van der Waals surface area (Å²) < 4.78 is 6.28. The quantitative estimate of drug-likeness (QED) is 0.734. The van der Waals surface area contributed by atoms with Gasteiger partial charge < -0.3 is 4.74 Å². The Labute approximate surface area is 75.3 Å². The third-order valence-electron chi connectivity index (χ3n) is 0.717. The molecule has 0 atom stereocenters. The number of halogens is 2. The van der Waals surface area contributed by atoms with E-state index in [0.717, 1.165) is 8.76 Å². The first-order valence-electron chi connectivity index (χ1n) is 2.10. The molecule has 5 heteroatoms. The third-order valence-corrected chi connectivity index (χ3v) is 2.94. The summed E-state index contributed by atoms with van der Waals surface area (Å²) in [7, 11) is 1.60. The van der Waals surface area contributed by atoms with E-state index < -0.39 is 0 Å². The summed E-state index contributed by atoms with van der Waals surface area (Å²) in [6.45, 7) is 0. The number of nitrogens with zero attached hydrogens (tertiary/aromatic N) is 1. The van der Waals surface area contributed by atoms with Gasteiger partial charge in [0.1, 0.15) is 0 Å². The van der Waals surface area contributed by atoms with E-state index in [9.17, 15) is 0 Å². The first-order valence-corrected chi connectivity index (χ1v) is 4.37. The van der Waals surface area contributed by atoms with Crippen LogP contribution in [-0.2, 0) is 0 Å². The van der Waals surface area contributed by atoms with Crippen molar-refractivity contribution in [1.82, 2.24) is 4.98 Å². The zero-order valence-corrected chi connectivity index (χ0v) is 8.25. The molecule has 0 aromatic carbocycles. The average Bonchev–Trinajstić information content (AvgIpc) is 2.10. The number of thiazole rings is 1. The van der Waals surface area contributed by atoms with Crippen LogP contribution < -0.4 is 4.74 Å². The molecule has 1 rings (SSSR count). The molecule has 0 fully saturated rings. The highest BCUT2D eigenvalue weighted by Gasteiger charge is 2.05. The monoisotopic (exact) mass is 275 g/mol. The normalized spacial score (nSPS) is 9.67. The van der Waals surface area contributed by atoms with Crippen LogP contribution in [0.3, 0.4) is 0 Å². The van der Waals surface area contributed by atoms with Crippen LogP contribution in [-0.4, -0.2) is 12.1 Å². The van der Waals surface area contributed by atoms with Gasteiger partial charge in [0.05, 0.1) is 7.11 Å². The smallest absolute Gasteiger partial charge is 0.209 e. The number of hydrogen-bond donors (Lipinski definition) is 0. The summed E-state index contributed by atoms with van der Waals surface area (Å²) in [5.74, 6) is 0. The van der Waals surface area contributed by atoms with Gasteiger partial charge in [0.25, 0.3) is 0 Å². The van der Waals surface area contributed by atoms with Crippen LogP contribution in [0.15, 0.2) is 0 Å². The molecule has 1 aromatic rings. The summed E-state index contributed by atoms with van der Waals surface area (Å²) >= 11 is 8.98. The molecule has 0 bridgehead atoms. The van der Waals surface area contributed by atoms with Gasteiger partial charge >= 0.3 is 0 Å². The minimum atomic E-state index is 0.524. The lowest BCUT2D eigenvalue weighted by atomic mass is 10.9. The van der Waals surface area contributed by atoms with Crippen molar-refractivity contribution in [2.24, 2.45) is 0 Å². The zero-order valence-electron chi connectivity index (χ0n) is 4.52. The second-order valence-electron chi connectivity index (χ2n) is 1.25. The number of ether oxygens (including phenoxy) is 1. The van der Waals surface area contributed by atoms with Crippen molar-refractivity contribution in [3.63, 3.8) is 0 Å². The van der Waals surface area contributed by atoms with Gasteiger partial charge in [-0.1, -0.05) is 22.9 Å². The van der Waals surface area contributed by atoms with Gasteiger partial charge in [-0.3, -0.25) is 0 Å². The molecule has 0 aliphatic carbocycles. The fraction of sp³-hybridized carbons (Fsp3) is 0.250. The topological polar surface area (TPSA) is 22.1 Å². The van der Waals surface area contributed by atoms with Crippen molar-refractivity contribution < 1.29 is 4.74 Å². The van der Waals surface area contributed by atoms with Crippen LogP contribution in [0.4, 0.5) is 0 Å². The average molecular weight is 275 g/mol. The van der Waals surface area contributed by atoms with E-state index in [1.807, 2.05) is 0 Å². The Morgan fingerprint density at radius 3 is 2.67 bits per heavy atom. The molecule has 50 valence electrons. The number of methoxy groups -OCH3 is 1. The first-order chi connectivity index (χ1) is 4.24. The van der Waals surface area contributed by atoms with Crippen molar-refractivity contribution in [3.05, 3.63) is 8.17 Å². The van der Waals surface area contributed by atoms with Crippen molar-refractivity contribution in [2.45, 2.75) is 0 Å². The van der Waals surface area contributed by atoms with Crippen LogP contribution in [0.25, 0.3) is 0 Å².